The molecular weight excluding hydrogens is 348 g/mol. The fourth-order valence-electron chi connectivity index (χ4n) is 2.61. The van der Waals surface area contributed by atoms with Gasteiger partial charge in [0, 0.05) is 16.5 Å². The zero-order valence-electron chi connectivity index (χ0n) is 15.1. The topological polar surface area (TPSA) is 60.5 Å². The molecule has 0 aliphatic carbocycles. The molecule has 3 rings (SSSR count). The molecule has 0 saturated carbocycles. The Balaban J connectivity index is 1.87. The Bertz CT molecular complexity index is 950. The summed E-state index contributed by atoms with van der Waals surface area (Å²) in [5, 5.41) is 5.30. The minimum Gasteiger partial charge on any atom is -0.497 e. The van der Waals surface area contributed by atoms with E-state index in [9.17, 15) is 4.79 Å². The van der Waals surface area contributed by atoms with Crippen LogP contribution >= 0.6 is 11.3 Å². The number of hydrogen-bond acceptors (Lipinski definition) is 5. The number of nitrogens with zero attached hydrogens (tertiary/aromatic N) is 1. The molecule has 5 nitrogen and oxygen atoms in total. The highest BCUT2D eigenvalue weighted by Crippen LogP contribution is 2.35. The molecule has 1 N–H and O–H groups in total. The van der Waals surface area contributed by atoms with E-state index in [1.807, 2.05) is 55.6 Å². The van der Waals surface area contributed by atoms with Crippen LogP contribution in [0.1, 0.15) is 21.5 Å². The molecular formula is C20H20N2O3S. The monoisotopic (exact) mass is 368 g/mol. The summed E-state index contributed by atoms with van der Waals surface area (Å²) in [5.74, 6) is 1.25. The highest BCUT2D eigenvalue weighted by atomic mass is 32.1. The third-order valence-electron chi connectivity index (χ3n) is 4.04. The van der Waals surface area contributed by atoms with Crippen LogP contribution in [-0.2, 0) is 0 Å². The second kappa shape index (κ2) is 7.58. The van der Waals surface area contributed by atoms with Gasteiger partial charge < -0.3 is 9.47 Å². The minimum atomic E-state index is -0.162. The molecule has 0 bridgehead atoms. The Morgan fingerprint density at radius 3 is 2.62 bits per heavy atom. The van der Waals surface area contributed by atoms with Gasteiger partial charge in [0.1, 0.15) is 11.5 Å². The maximum atomic E-state index is 12.6. The van der Waals surface area contributed by atoms with Crippen LogP contribution in [0.25, 0.3) is 11.3 Å². The van der Waals surface area contributed by atoms with Gasteiger partial charge in [0.25, 0.3) is 5.91 Å². The van der Waals surface area contributed by atoms with Crippen LogP contribution in [0.4, 0.5) is 5.13 Å². The fourth-order valence-corrected chi connectivity index (χ4v) is 3.32. The molecule has 1 heterocycles. The first-order valence-corrected chi connectivity index (χ1v) is 8.96. The lowest BCUT2D eigenvalue weighted by atomic mass is 10.1. The van der Waals surface area contributed by atoms with Crippen molar-refractivity contribution in [3.63, 3.8) is 0 Å². The number of hydrogen-bond donors (Lipinski definition) is 1. The summed E-state index contributed by atoms with van der Waals surface area (Å²) in [4.78, 5) is 17.1. The molecule has 2 aromatic carbocycles. The van der Waals surface area contributed by atoms with E-state index in [1.54, 1.807) is 14.2 Å². The average Bonchev–Trinajstić information content (AvgIpc) is 3.11. The van der Waals surface area contributed by atoms with Crippen molar-refractivity contribution in [1.29, 1.82) is 0 Å². The molecule has 6 heteroatoms. The SMILES string of the molecule is COc1ccc(OC)c(-c2csc(NC(=O)c3cc(C)ccc3C)n2)c1. The van der Waals surface area contributed by atoms with E-state index in [0.29, 0.717) is 16.4 Å². The van der Waals surface area contributed by atoms with Gasteiger partial charge in [-0.15, -0.1) is 11.3 Å². The fraction of sp³-hybridized carbons (Fsp3) is 0.200. The normalized spacial score (nSPS) is 10.5. The van der Waals surface area contributed by atoms with Gasteiger partial charge in [-0.2, -0.15) is 0 Å². The van der Waals surface area contributed by atoms with Crippen molar-refractivity contribution in [2.75, 3.05) is 19.5 Å². The van der Waals surface area contributed by atoms with Crippen molar-refractivity contribution in [3.8, 4) is 22.8 Å². The van der Waals surface area contributed by atoms with E-state index < -0.39 is 0 Å². The number of rotatable bonds is 5. The quantitative estimate of drug-likeness (QED) is 0.709. The van der Waals surface area contributed by atoms with Gasteiger partial charge >= 0.3 is 0 Å². The minimum absolute atomic E-state index is 0.162. The Morgan fingerprint density at radius 1 is 1.08 bits per heavy atom. The maximum Gasteiger partial charge on any atom is 0.257 e. The van der Waals surface area contributed by atoms with E-state index in [-0.39, 0.29) is 5.91 Å². The summed E-state index contributed by atoms with van der Waals surface area (Å²) in [7, 11) is 3.23. The molecule has 3 aromatic rings. The van der Waals surface area contributed by atoms with Crippen molar-refractivity contribution in [2.24, 2.45) is 0 Å². The molecule has 26 heavy (non-hydrogen) atoms. The highest BCUT2D eigenvalue weighted by molar-refractivity contribution is 7.14. The maximum absolute atomic E-state index is 12.6. The van der Waals surface area contributed by atoms with Crippen molar-refractivity contribution < 1.29 is 14.3 Å². The number of amides is 1. The Hall–Kier alpha value is -2.86. The van der Waals surface area contributed by atoms with Crippen LogP contribution in [0, 0.1) is 13.8 Å². The predicted octanol–water partition coefficient (Wildman–Crippen LogP) is 4.70. The molecule has 0 aliphatic rings. The first-order valence-electron chi connectivity index (χ1n) is 8.08. The van der Waals surface area contributed by atoms with Gasteiger partial charge in [0.15, 0.2) is 5.13 Å². The van der Waals surface area contributed by atoms with Crippen LogP contribution in [-0.4, -0.2) is 25.1 Å². The predicted molar refractivity (Wildman–Crippen MR) is 105 cm³/mol. The number of anilines is 1. The zero-order valence-corrected chi connectivity index (χ0v) is 15.9. The summed E-state index contributed by atoms with van der Waals surface area (Å²) >= 11 is 1.37. The molecule has 0 atom stereocenters. The smallest absolute Gasteiger partial charge is 0.257 e. The molecule has 0 saturated heterocycles. The first kappa shape index (κ1) is 17.9. The third kappa shape index (κ3) is 3.70. The van der Waals surface area contributed by atoms with Gasteiger partial charge in [-0.25, -0.2) is 4.98 Å². The molecule has 0 unspecified atom stereocenters. The molecule has 0 spiro atoms. The van der Waals surface area contributed by atoms with E-state index in [1.165, 1.54) is 11.3 Å². The van der Waals surface area contributed by atoms with Crippen molar-refractivity contribution >= 4 is 22.4 Å². The standard InChI is InChI=1S/C20H20N2O3S/c1-12-5-6-13(2)15(9-12)19(23)22-20-21-17(11-26-20)16-10-14(24-3)7-8-18(16)25-4/h5-11H,1-4H3,(H,21,22,23). The largest absolute Gasteiger partial charge is 0.497 e. The summed E-state index contributed by atoms with van der Waals surface area (Å²) < 4.78 is 10.7. The molecule has 1 amide bonds. The molecule has 134 valence electrons. The summed E-state index contributed by atoms with van der Waals surface area (Å²) in [6, 6.07) is 11.3. The van der Waals surface area contributed by atoms with Crippen molar-refractivity contribution in [2.45, 2.75) is 13.8 Å². The number of carbonyl (C=O) groups is 1. The van der Waals surface area contributed by atoms with E-state index in [2.05, 4.69) is 10.3 Å². The number of thiazole rings is 1. The number of aryl methyl sites for hydroxylation is 2. The Labute approximate surface area is 156 Å². The van der Waals surface area contributed by atoms with Crippen LogP contribution in [0.2, 0.25) is 0 Å². The van der Waals surface area contributed by atoms with Gasteiger partial charge in [-0.3, -0.25) is 10.1 Å². The second-order valence-corrected chi connectivity index (χ2v) is 6.73. The lowest BCUT2D eigenvalue weighted by molar-refractivity contribution is 0.102. The van der Waals surface area contributed by atoms with Gasteiger partial charge in [0.05, 0.1) is 19.9 Å². The van der Waals surface area contributed by atoms with E-state index >= 15 is 0 Å². The number of carbonyl (C=O) groups excluding carboxylic acids is 1. The van der Waals surface area contributed by atoms with E-state index in [0.717, 1.165) is 28.1 Å². The number of methoxy groups -OCH3 is 2. The van der Waals surface area contributed by atoms with Crippen LogP contribution in [0.15, 0.2) is 41.8 Å². The number of aromatic nitrogens is 1. The number of benzene rings is 2. The third-order valence-corrected chi connectivity index (χ3v) is 4.80. The zero-order chi connectivity index (χ0) is 18.7. The van der Waals surface area contributed by atoms with Crippen LogP contribution in [0.5, 0.6) is 11.5 Å². The summed E-state index contributed by atoms with van der Waals surface area (Å²) in [6.07, 6.45) is 0. The van der Waals surface area contributed by atoms with Gasteiger partial charge in [-0.05, 0) is 43.7 Å². The summed E-state index contributed by atoms with van der Waals surface area (Å²) in [6.45, 7) is 3.88. The lowest BCUT2D eigenvalue weighted by Crippen LogP contribution is -2.13. The molecule has 1 aromatic heterocycles. The van der Waals surface area contributed by atoms with Crippen LogP contribution < -0.4 is 14.8 Å². The highest BCUT2D eigenvalue weighted by Gasteiger charge is 2.15. The molecule has 0 aliphatic heterocycles. The Kier molecular flexibility index (Phi) is 5.23. The van der Waals surface area contributed by atoms with Crippen molar-refractivity contribution in [3.05, 3.63) is 58.5 Å². The van der Waals surface area contributed by atoms with Crippen molar-refractivity contribution in [1.82, 2.24) is 4.98 Å². The lowest BCUT2D eigenvalue weighted by Gasteiger charge is -2.08. The van der Waals surface area contributed by atoms with Gasteiger partial charge in [-0.1, -0.05) is 17.7 Å². The van der Waals surface area contributed by atoms with Crippen LogP contribution in [0.3, 0.4) is 0 Å². The summed E-state index contributed by atoms with van der Waals surface area (Å²) in [5.41, 5.74) is 4.17. The molecule has 0 fully saturated rings. The molecule has 0 radical (unpaired) electrons. The number of nitrogens with one attached hydrogen (secondary N) is 1. The second-order valence-electron chi connectivity index (χ2n) is 5.88. The average molecular weight is 368 g/mol. The Morgan fingerprint density at radius 2 is 1.88 bits per heavy atom. The van der Waals surface area contributed by atoms with Gasteiger partial charge in [0.2, 0.25) is 0 Å². The number of ether oxygens (including phenoxy) is 2. The first-order chi connectivity index (χ1) is 12.5. The van der Waals surface area contributed by atoms with E-state index in [4.69, 9.17) is 9.47 Å².